The molecule has 1 nitrogen and oxygen atoms in total. The Morgan fingerprint density at radius 1 is 0.714 bits per heavy atom. The molecule has 0 atom stereocenters. The lowest BCUT2D eigenvalue weighted by molar-refractivity contribution is -0.153. The van der Waals surface area contributed by atoms with Gasteiger partial charge >= 0.3 is 6.18 Å². The molecule has 2 aromatic rings. The monoisotopic (exact) mass is 302 g/mol. The zero-order valence-corrected chi connectivity index (χ0v) is 10.7. The molecule has 2 rings (SSSR count). The van der Waals surface area contributed by atoms with Crippen LogP contribution < -0.4 is 4.74 Å². The fraction of sp³-hybridized carbons (Fsp3) is 0.200. The number of halogens is 5. The summed E-state index contributed by atoms with van der Waals surface area (Å²) in [4.78, 5) is 0. The van der Waals surface area contributed by atoms with Crippen molar-refractivity contribution in [3.05, 3.63) is 65.7 Å². The van der Waals surface area contributed by atoms with E-state index in [1.165, 1.54) is 24.3 Å². The van der Waals surface area contributed by atoms with E-state index in [4.69, 9.17) is 0 Å². The van der Waals surface area contributed by atoms with Gasteiger partial charge in [0.15, 0.2) is 6.61 Å². The number of rotatable bonds is 4. The molecule has 6 heteroatoms. The predicted molar refractivity (Wildman–Crippen MR) is 67.4 cm³/mol. The fourth-order valence-corrected chi connectivity index (χ4v) is 1.74. The summed E-state index contributed by atoms with van der Waals surface area (Å²) in [6.07, 6.45) is -4.47. The molecule has 0 saturated heterocycles. The zero-order chi connectivity index (χ0) is 15.5. The molecule has 0 aromatic heterocycles. The molecule has 0 bridgehead atoms. The molecule has 0 fully saturated rings. The summed E-state index contributed by atoms with van der Waals surface area (Å²) < 4.78 is 68.8. The molecule has 0 unspecified atom stereocenters. The predicted octanol–water partition coefficient (Wildman–Crippen LogP) is 4.77. The van der Waals surface area contributed by atoms with Gasteiger partial charge < -0.3 is 4.74 Å². The molecular weight excluding hydrogens is 291 g/mol. The van der Waals surface area contributed by atoms with E-state index in [9.17, 15) is 22.0 Å². The van der Waals surface area contributed by atoms with Crippen molar-refractivity contribution in [1.82, 2.24) is 0 Å². The molecular formula is C15H11F5O. The van der Waals surface area contributed by atoms with Crippen LogP contribution in [0.25, 0.3) is 0 Å². The first-order valence-corrected chi connectivity index (χ1v) is 6.02. The van der Waals surface area contributed by atoms with Gasteiger partial charge in [0.2, 0.25) is 0 Å². The third-order valence-electron chi connectivity index (χ3n) is 2.76. The number of hydrogen-bond acceptors (Lipinski definition) is 1. The van der Waals surface area contributed by atoms with Gasteiger partial charge in [-0.25, -0.2) is 0 Å². The maximum absolute atomic E-state index is 14.2. The van der Waals surface area contributed by atoms with E-state index in [1.54, 1.807) is 6.07 Å². The van der Waals surface area contributed by atoms with Gasteiger partial charge in [0.25, 0.3) is 5.92 Å². The molecule has 0 radical (unpaired) electrons. The lowest BCUT2D eigenvalue weighted by atomic mass is 10.0. The second kappa shape index (κ2) is 5.71. The van der Waals surface area contributed by atoms with Crippen LogP contribution in [0.5, 0.6) is 5.75 Å². The van der Waals surface area contributed by atoms with E-state index in [0.29, 0.717) is 0 Å². The molecule has 0 aliphatic carbocycles. The van der Waals surface area contributed by atoms with Crippen molar-refractivity contribution in [3.8, 4) is 5.75 Å². The number of alkyl halides is 5. The van der Waals surface area contributed by atoms with Crippen LogP contribution in [0.1, 0.15) is 11.1 Å². The van der Waals surface area contributed by atoms with E-state index in [-0.39, 0.29) is 16.9 Å². The summed E-state index contributed by atoms with van der Waals surface area (Å²) in [7, 11) is 0. The van der Waals surface area contributed by atoms with E-state index in [2.05, 4.69) is 4.74 Å². The largest absolute Gasteiger partial charge is 0.484 e. The quantitative estimate of drug-likeness (QED) is 0.739. The third kappa shape index (κ3) is 3.93. The summed E-state index contributed by atoms with van der Waals surface area (Å²) in [6.45, 7) is -1.46. The Labute approximate surface area is 118 Å². The van der Waals surface area contributed by atoms with Gasteiger partial charge in [-0.15, -0.1) is 0 Å². The topological polar surface area (TPSA) is 9.23 Å². The minimum atomic E-state index is -4.47. The van der Waals surface area contributed by atoms with Crippen molar-refractivity contribution in [3.63, 3.8) is 0 Å². The number of hydrogen-bond donors (Lipinski definition) is 0. The molecule has 0 spiro atoms. The SMILES string of the molecule is FC(F)(F)COc1ccc(C(F)(F)c2ccccc2)cc1. The normalized spacial score (nSPS) is 12.2. The standard InChI is InChI=1S/C15H11F5O/c16-14(17,18)10-21-13-8-6-12(7-9-13)15(19,20)11-4-2-1-3-5-11/h1-9H,10H2. The highest BCUT2D eigenvalue weighted by atomic mass is 19.4. The van der Waals surface area contributed by atoms with E-state index in [1.807, 2.05) is 0 Å². The summed E-state index contributed by atoms with van der Waals surface area (Å²) in [5.41, 5.74) is -0.498. The van der Waals surface area contributed by atoms with Gasteiger partial charge in [0, 0.05) is 11.1 Å². The van der Waals surface area contributed by atoms with Gasteiger partial charge in [0.05, 0.1) is 0 Å². The smallest absolute Gasteiger partial charge is 0.422 e. The van der Waals surface area contributed by atoms with Crippen molar-refractivity contribution < 1.29 is 26.7 Å². The van der Waals surface area contributed by atoms with Crippen molar-refractivity contribution in [2.24, 2.45) is 0 Å². The highest BCUT2D eigenvalue weighted by Gasteiger charge is 2.33. The number of benzene rings is 2. The molecule has 2 aromatic carbocycles. The van der Waals surface area contributed by atoms with Crippen LogP contribution >= 0.6 is 0 Å². The lowest BCUT2D eigenvalue weighted by Crippen LogP contribution is -2.19. The van der Waals surface area contributed by atoms with Gasteiger partial charge in [-0.1, -0.05) is 30.3 Å². The van der Waals surface area contributed by atoms with Crippen LogP contribution in [0.4, 0.5) is 22.0 Å². The fourth-order valence-electron chi connectivity index (χ4n) is 1.74. The Morgan fingerprint density at radius 3 is 1.76 bits per heavy atom. The first-order valence-electron chi connectivity index (χ1n) is 6.02. The van der Waals surface area contributed by atoms with Crippen LogP contribution in [0.2, 0.25) is 0 Å². The average Bonchev–Trinajstić information content (AvgIpc) is 2.46. The minimum Gasteiger partial charge on any atom is -0.484 e. The second-order valence-electron chi connectivity index (χ2n) is 4.37. The van der Waals surface area contributed by atoms with Crippen molar-refractivity contribution in [2.75, 3.05) is 6.61 Å². The second-order valence-corrected chi connectivity index (χ2v) is 4.37. The van der Waals surface area contributed by atoms with Crippen molar-refractivity contribution in [2.45, 2.75) is 12.1 Å². The van der Waals surface area contributed by atoms with Crippen LogP contribution in [-0.4, -0.2) is 12.8 Å². The third-order valence-corrected chi connectivity index (χ3v) is 2.76. The average molecular weight is 302 g/mol. The summed E-state index contributed by atoms with van der Waals surface area (Å²) in [6, 6.07) is 11.5. The van der Waals surface area contributed by atoms with Gasteiger partial charge in [-0.05, 0) is 24.3 Å². The summed E-state index contributed by atoms with van der Waals surface area (Å²) >= 11 is 0. The van der Waals surface area contributed by atoms with Crippen molar-refractivity contribution >= 4 is 0 Å². The van der Waals surface area contributed by atoms with Crippen LogP contribution in [0, 0.1) is 0 Å². The minimum absolute atomic E-state index is 0.111. The Balaban J connectivity index is 2.15. The molecule has 0 aliphatic rings. The molecule has 112 valence electrons. The Kier molecular flexibility index (Phi) is 4.16. The van der Waals surface area contributed by atoms with Crippen molar-refractivity contribution in [1.29, 1.82) is 0 Å². The first kappa shape index (κ1) is 15.3. The first-order chi connectivity index (χ1) is 9.79. The van der Waals surface area contributed by atoms with E-state index >= 15 is 0 Å². The van der Waals surface area contributed by atoms with Gasteiger partial charge in [-0.3, -0.25) is 0 Å². The van der Waals surface area contributed by atoms with Gasteiger partial charge in [-0.2, -0.15) is 22.0 Å². The van der Waals surface area contributed by atoms with Crippen LogP contribution in [0.3, 0.4) is 0 Å². The Bertz CT molecular complexity index is 575. The van der Waals surface area contributed by atoms with Crippen LogP contribution in [-0.2, 0) is 5.92 Å². The molecule has 21 heavy (non-hydrogen) atoms. The molecule has 0 aliphatic heterocycles. The Hall–Kier alpha value is -2.11. The molecule has 0 N–H and O–H groups in total. The summed E-state index contributed by atoms with van der Waals surface area (Å²) in [5, 5.41) is 0. The lowest BCUT2D eigenvalue weighted by Gasteiger charge is -2.17. The summed E-state index contributed by atoms with van der Waals surface area (Å²) in [5.74, 6) is -3.33. The zero-order valence-electron chi connectivity index (χ0n) is 10.7. The molecule has 0 saturated carbocycles. The Morgan fingerprint density at radius 2 is 1.24 bits per heavy atom. The highest BCUT2D eigenvalue weighted by molar-refractivity contribution is 5.36. The van der Waals surface area contributed by atoms with Crippen LogP contribution in [0.15, 0.2) is 54.6 Å². The highest BCUT2D eigenvalue weighted by Crippen LogP contribution is 2.36. The molecule has 0 heterocycles. The number of ether oxygens (including phenoxy) is 1. The molecule has 0 amide bonds. The van der Waals surface area contributed by atoms with E-state index < -0.39 is 18.7 Å². The maximum Gasteiger partial charge on any atom is 0.422 e. The van der Waals surface area contributed by atoms with Gasteiger partial charge in [0.1, 0.15) is 5.75 Å². The van der Waals surface area contributed by atoms with E-state index in [0.717, 1.165) is 24.3 Å². The maximum atomic E-state index is 14.2.